The van der Waals surface area contributed by atoms with E-state index in [0.717, 1.165) is 0 Å². The van der Waals surface area contributed by atoms with E-state index in [9.17, 15) is 39.2 Å². The fraction of sp³-hybridized carbons (Fsp3) is 0.667. The van der Waals surface area contributed by atoms with Gasteiger partial charge >= 0.3 is 14.5 Å². The summed E-state index contributed by atoms with van der Waals surface area (Å²) >= 11 is 4.83. The number of nitrogens with zero attached hydrogens (tertiary/aromatic N) is 4. The molecule has 0 aromatic carbocycles. The molecule has 0 bridgehead atoms. The molecule has 2 aromatic rings. The Morgan fingerprint density at radius 2 is 1.95 bits per heavy atom. The van der Waals surface area contributed by atoms with E-state index in [4.69, 9.17) is 41.4 Å². The van der Waals surface area contributed by atoms with Gasteiger partial charge in [0.2, 0.25) is 0 Å². The monoisotopic (exact) mass is 691 g/mol. The minimum atomic E-state index is -5.53. The molecule has 2 aromatic heterocycles. The summed E-state index contributed by atoms with van der Waals surface area (Å²) in [5.74, 6) is 0.0524. The lowest BCUT2D eigenvalue weighted by Crippen LogP contribution is -2.60. The summed E-state index contributed by atoms with van der Waals surface area (Å²) in [5, 5.41) is 54.5. The maximum absolute atomic E-state index is 14.0. The molecule has 23 heteroatoms. The van der Waals surface area contributed by atoms with Crippen molar-refractivity contribution in [3.63, 3.8) is 0 Å². The molecule has 2 fully saturated rings. The SMILES string of the molecule is C=C[C@]1(OC)[C@H](c2cnc3c(N)ncnn23)O[C@](C)(COP(O)(=S)OP(=O)(O)OC2OC([C@@H](F)CO)C(O)C(O)C2O)[C@H]1O. The fourth-order valence-corrected chi connectivity index (χ4v) is 8.04. The van der Waals surface area contributed by atoms with E-state index in [2.05, 4.69) is 30.5 Å². The minimum absolute atomic E-state index is 0.0524. The normalized spacial score (nSPS) is 37.8. The number of anilines is 1. The van der Waals surface area contributed by atoms with Gasteiger partial charge in [-0.05, 0) is 18.7 Å². The zero-order chi connectivity index (χ0) is 32.8. The second-order valence-corrected chi connectivity index (χ2v) is 14.5. The first-order chi connectivity index (χ1) is 20.5. The van der Waals surface area contributed by atoms with E-state index in [1.54, 1.807) is 0 Å². The zero-order valence-corrected chi connectivity index (χ0v) is 25.6. The highest BCUT2D eigenvalue weighted by molar-refractivity contribution is 8.08. The molecule has 2 aliphatic heterocycles. The number of phosphoric acid groups is 1. The highest BCUT2D eigenvalue weighted by atomic mass is 32.5. The number of methoxy groups -OCH3 is 1. The maximum Gasteiger partial charge on any atom is 0.481 e. The van der Waals surface area contributed by atoms with Gasteiger partial charge in [0.05, 0.1) is 25.1 Å². The summed E-state index contributed by atoms with van der Waals surface area (Å²) in [7, 11) is -4.25. The summed E-state index contributed by atoms with van der Waals surface area (Å²) in [4.78, 5) is 28.8. The van der Waals surface area contributed by atoms with E-state index in [1.165, 1.54) is 37.1 Å². The molecule has 248 valence electrons. The van der Waals surface area contributed by atoms with E-state index in [-0.39, 0.29) is 17.2 Å². The zero-order valence-electron chi connectivity index (χ0n) is 23.0. The number of phosphoric ester groups is 1. The van der Waals surface area contributed by atoms with Crippen molar-refractivity contribution >= 4 is 37.8 Å². The molecule has 0 aliphatic carbocycles. The van der Waals surface area contributed by atoms with Crippen molar-refractivity contribution in [2.75, 3.05) is 26.1 Å². The Balaban J connectivity index is 1.50. The molecule has 0 radical (unpaired) electrons. The average Bonchev–Trinajstić information content (AvgIpc) is 3.49. The molecule has 9 N–H and O–H groups in total. The Labute approximate surface area is 253 Å². The Hall–Kier alpha value is -1.62. The number of rotatable bonds is 12. The summed E-state index contributed by atoms with van der Waals surface area (Å²) < 4.78 is 59.1. The second kappa shape index (κ2) is 12.9. The lowest BCUT2D eigenvalue weighted by atomic mass is 9.84. The molecule has 0 spiro atoms. The van der Waals surface area contributed by atoms with E-state index in [0.29, 0.717) is 0 Å². The predicted molar refractivity (Wildman–Crippen MR) is 146 cm³/mol. The molecule has 2 aliphatic rings. The number of halogens is 1. The number of hydrogen-bond acceptors (Lipinski definition) is 17. The topological polar surface area (TPSA) is 283 Å². The number of alkyl halides is 1. The molecule has 12 atom stereocenters. The lowest BCUT2D eigenvalue weighted by Gasteiger charge is -2.41. The quantitative estimate of drug-likeness (QED) is 0.0880. The van der Waals surface area contributed by atoms with Gasteiger partial charge in [-0.15, -0.1) is 6.58 Å². The van der Waals surface area contributed by atoms with Crippen molar-refractivity contribution in [2.45, 2.75) is 67.2 Å². The number of hydrogen-bond donors (Lipinski definition) is 8. The predicted octanol–water partition coefficient (Wildman–Crippen LogP) is -2.03. The lowest BCUT2D eigenvalue weighted by molar-refractivity contribution is -0.287. The highest BCUT2D eigenvalue weighted by Crippen LogP contribution is 2.62. The van der Waals surface area contributed by atoms with Crippen LogP contribution in [0, 0.1) is 0 Å². The molecule has 0 saturated carbocycles. The first-order valence-corrected chi connectivity index (χ1v) is 16.7. The van der Waals surface area contributed by atoms with Crippen LogP contribution in [0.5, 0.6) is 0 Å². The fourth-order valence-electron chi connectivity index (χ4n) is 4.88. The first kappa shape index (κ1) is 35.2. The number of nitrogens with two attached hydrogens (primary N) is 1. The molecular formula is C21H32FN5O14P2S. The maximum atomic E-state index is 14.0. The number of aliphatic hydroxyl groups is 5. The minimum Gasteiger partial charge on any atom is -0.393 e. The van der Waals surface area contributed by atoms with Gasteiger partial charge in [0.25, 0.3) is 0 Å². The van der Waals surface area contributed by atoms with Gasteiger partial charge in [-0.3, -0.25) is 4.52 Å². The molecular weight excluding hydrogens is 659 g/mol. The van der Waals surface area contributed by atoms with Crippen molar-refractivity contribution in [3.05, 3.63) is 30.9 Å². The Kier molecular flexibility index (Phi) is 10.3. The summed E-state index contributed by atoms with van der Waals surface area (Å²) in [6, 6.07) is 0. The average molecular weight is 692 g/mol. The number of ether oxygens (including phenoxy) is 3. The number of fused-ring (bicyclic) bond motifs is 1. The van der Waals surface area contributed by atoms with Gasteiger partial charge < -0.3 is 59.8 Å². The molecule has 19 nitrogen and oxygen atoms in total. The van der Waals surface area contributed by atoms with Crippen LogP contribution < -0.4 is 5.73 Å². The summed E-state index contributed by atoms with van der Waals surface area (Å²) in [5.41, 5.74) is 2.85. The smallest absolute Gasteiger partial charge is 0.393 e. The van der Waals surface area contributed by atoms with Gasteiger partial charge in [0, 0.05) is 7.11 Å². The van der Waals surface area contributed by atoms with Crippen molar-refractivity contribution in [2.24, 2.45) is 0 Å². The van der Waals surface area contributed by atoms with Crippen molar-refractivity contribution < 1.29 is 71.8 Å². The number of nitrogen functional groups attached to an aromatic ring is 1. The van der Waals surface area contributed by atoms with Crippen LogP contribution in [-0.2, 0) is 43.9 Å². The first-order valence-electron chi connectivity index (χ1n) is 12.6. The van der Waals surface area contributed by atoms with Gasteiger partial charge in [0.15, 0.2) is 23.9 Å². The Bertz CT molecular complexity index is 1460. The molecule has 4 heterocycles. The second-order valence-electron chi connectivity index (χ2n) is 10.1. The van der Waals surface area contributed by atoms with Crippen LogP contribution in [0.1, 0.15) is 18.7 Å². The molecule has 2 saturated heterocycles. The van der Waals surface area contributed by atoms with Crippen LogP contribution in [0.4, 0.5) is 10.2 Å². The van der Waals surface area contributed by atoms with Gasteiger partial charge in [-0.25, -0.2) is 27.7 Å². The summed E-state index contributed by atoms with van der Waals surface area (Å²) in [6.45, 7) is -1.61. The van der Waals surface area contributed by atoms with Crippen LogP contribution in [0.3, 0.4) is 0 Å². The largest absolute Gasteiger partial charge is 0.481 e. The molecule has 4 rings (SSSR count). The standard InChI is InChI=1S/C21H32FN5O14P2S/c1-4-21(36-3)15(10-5-24-17-16(23)25-8-26-27(10)17)39-20(2,19(21)32)7-37-43(35,44)41-42(33,34)40-18-13(31)11(29)12(30)14(38-18)9(22)6-28/h4-5,8-9,11-15,18-19,28-32H,1,6-7H2,2-3H3,(H,33,34)(H,35,44)(H2,23,25,26)/t9-,11?,12?,13?,14?,15-,18?,19+,20+,21-,43?/m0/s1. The third-order valence-corrected chi connectivity index (χ3v) is 10.7. The van der Waals surface area contributed by atoms with Crippen LogP contribution in [0.25, 0.3) is 5.65 Å². The van der Waals surface area contributed by atoms with E-state index in [1.807, 2.05) is 0 Å². The van der Waals surface area contributed by atoms with Gasteiger partial charge in [-0.2, -0.15) is 5.10 Å². The number of aliphatic hydroxyl groups excluding tert-OH is 5. The summed E-state index contributed by atoms with van der Waals surface area (Å²) in [6.07, 6.45) is -11.9. The van der Waals surface area contributed by atoms with Crippen LogP contribution in [0.2, 0.25) is 0 Å². The molecule has 0 amide bonds. The van der Waals surface area contributed by atoms with Crippen LogP contribution in [0.15, 0.2) is 25.2 Å². The third-order valence-electron chi connectivity index (χ3n) is 7.20. The third kappa shape index (κ3) is 6.47. The van der Waals surface area contributed by atoms with Crippen molar-refractivity contribution in [3.8, 4) is 0 Å². The van der Waals surface area contributed by atoms with Crippen molar-refractivity contribution in [1.29, 1.82) is 0 Å². The molecule has 7 unspecified atom stereocenters. The Morgan fingerprint density at radius 3 is 2.57 bits per heavy atom. The number of aromatic nitrogens is 4. The Morgan fingerprint density at radius 1 is 1.27 bits per heavy atom. The van der Waals surface area contributed by atoms with Gasteiger partial charge in [-0.1, -0.05) is 6.08 Å². The number of imidazole rings is 1. The van der Waals surface area contributed by atoms with Gasteiger partial charge in [0.1, 0.15) is 54.2 Å². The molecule has 44 heavy (non-hydrogen) atoms. The van der Waals surface area contributed by atoms with Crippen LogP contribution >= 0.6 is 14.5 Å². The van der Waals surface area contributed by atoms with E-state index >= 15 is 0 Å². The van der Waals surface area contributed by atoms with Crippen LogP contribution in [-0.4, -0.2) is 129 Å². The van der Waals surface area contributed by atoms with E-state index < -0.39 is 88.0 Å². The highest BCUT2D eigenvalue weighted by Gasteiger charge is 2.63. The van der Waals surface area contributed by atoms with Crippen molar-refractivity contribution in [1.82, 2.24) is 19.6 Å².